The van der Waals surface area contributed by atoms with Crippen LogP contribution in [0.2, 0.25) is 18.1 Å². The van der Waals surface area contributed by atoms with Gasteiger partial charge in [0.15, 0.2) is 31.9 Å². The number of nitrogens with one attached hydrogen (secondary N) is 2. The summed E-state index contributed by atoms with van der Waals surface area (Å²) in [5, 5.41) is 15.1. The van der Waals surface area contributed by atoms with Gasteiger partial charge in [-0.05, 0) is 75.8 Å². The molecule has 12 nitrogen and oxygen atoms in total. The highest BCUT2D eigenvalue weighted by Crippen LogP contribution is 2.49. The number of aliphatic hydroxyl groups excluding tert-OH is 1. The minimum atomic E-state index is -2.82. The number of H-pyrrole nitrogens is 1. The van der Waals surface area contributed by atoms with Crippen LogP contribution in [0.15, 0.2) is 181 Å². The molecule has 1 aliphatic rings. The van der Waals surface area contributed by atoms with Crippen molar-refractivity contribution in [1.29, 1.82) is 0 Å². The normalized spacial score (nSPS) is 18.6. The van der Waals surface area contributed by atoms with E-state index in [2.05, 4.69) is 36.1 Å². The molecule has 1 fully saturated rings. The molecule has 3 N–H and O–H groups in total. The summed E-state index contributed by atoms with van der Waals surface area (Å²) in [6.45, 7) is 9.26. The van der Waals surface area contributed by atoms with Gasteiger partial charge in [0, 0.05) is 0 Å². The lowest BCUT2D eigenvalue weighted by Gasteiger charge is -2.44. The molecule has 71 heavy (non-hydrogen) atoms. The molecular formula is C57H60FN5O7Si. The maximum absolute atomic E-state index is 18.2. The Bertz CT molecular complexity index is 3020. The number of imidazole rings is 1. The van der Waals surface area contributed by atoms with Gasteiger partial charge in [-0.1, -0.05) is 166 Å². The number of aromatic nitrogens is 4. The van der Waals surface area contributed by atoms with Gasteiger partial charge < -0.3 is 33.8 Å². The molecule has 0 radical (unpaired) electrons. The predicted molar refractivity (Wildman–Crippen MR) is 276 cm³/mol. The van der Waals surface area contributed by atoms with Crippen molar-refractivity contribution in [2.24, 2.45) is 0 Å². The average molecular weight is 974 g/mol. The highest BCUT2D eigenvalue weighted by Gasteiger charge is 2.61. The Hall–Kier alpha value is -6.94. The Balaban J connectivity index is 1.18. The largest absolute Gasteiger partial charge is 0.497 e. The number of methoxy groups -OCH3 is 2. The number of nitrogens with zero attached hydrogens (tertiary/aromatic N) is 3. The van der Waals surface area contributed by atoms with Gasteiger partial charge in [-0.3, -0.25) is 14.3 Å². The Labute approximate surface area is 414 Å². The molecule has 0 unspecified atom stereocenters. The lowest BCUT2D eigenvalue weighted by atomic mass is 9.77. The van der Waals surface area contributed by atoms with Crippen molar-refractivity contribution >= 4 is 25.4 Å². The molecule has 14 heteroatoms. The molecule has 0 aliphatic carbocycles. The van der Waals surface area contributed by atoms with Crippen molar-refractivity contribution in [3.8, 4) is 11.5 Å². The first-order chi connectivity index (χ1) is 34.2. The fourth-order valence-electron chi connectivity index (χ4n) is 9.41. The minimum absolute atomic E-state index is 0.0351. The van der Waals surface area contributed by atoms with Crippen molar-refractivity contribution < 1.29 is 32.9 Å². The van der Waals surface area contributed by atoms with Crippen LogP contribution < -0.4 is 20.3 Å². The Morgan fingerprint density at radius 3 is 1.63 bits per heavy atom. The lowest BCUT2D eigenvalue weighted by molar-refractivity contribution is -0.175. The maximum atomic E-state index is 18.2. The molecule has 2 aromatic heterocycles. The molecule has 1 saturated heterocycles. The quantitative estimate of drug-likeness (QED) is 0.0596. The topological polar surface area (TPSA) is 142 Å². The summed E-state index contributed by atoms with van der Waals surface area (Å²) in [5.41, 5.74) is 0.115. The fourth-order valence-corrected chi connectivity index (χ4v) is 10.7. The molecule has 4 atom stereocenters. The second-order valence-electron chi connectivity index (χ2n) is 19.5. The van der Waals surface area contributed by atoms with Crippen LogP contribution >= 0.6 is 0 Å². The van der Waals surface area contributed by atoms with Gasteiger partial charge in [-0.2, -0.15) is 4.98 Å². The standard InChI is InChI=1S/C57H60FN5O7Si/c1-54(2,3)71(6,7)70-49-47(58)52(69-55(49,36-64)37-68-57(42-24-16-10-17-25-42,43-26-18-11-19-27-43)44-30-34-46(67-5)35-31-44)63-38-59-48-50(63)60-53(61-51(48)65)62-56(39-20-12-8-13-21-39,40-22-14-9-15-23-40)41-28-32-45(66-4)33-29-41/h8-35,38,47,49,52,64H,36-37H2,1-7H3,(H2,60,61,62,65)/t47-,49-,52+,55-/m0/s1. The number of anilines is 1. The summed E-state index contributed by atoms with van der Waals surface area (Å²) in [7, 11) is 0.401. The molecule has 0 spiro atoms. The van der Waals surface area contributed by atoms with Crippen molar-refractivity contribution in [2.45, 2.75) is 74.1 Å². The number of ether oxygens (including phenoxy) is 4. The summed E-state index contributed by atoms with van der Waals surface area (Å²) in [4.78, 5) is 26.7. The van der Waals surface area contributed by atoms with E-state index in [1.165, 1.54) is 10.9 Å². The smallest absolute Gasteiger partial charge is 0.280 e. The number of fused-ring (bicyclic) bond motifs is 1. The van der Waals surface area contributed by atoms with Gasteiger partial charge >= 0.3 is 0 Å². The fraction of sp³-hybridized carbons (Fsp3) is 0.281. The first-order valence-electron chi connectivity index (χ1n) is 23.7. The number of aliphatic hydroxyl groups is 1. The van der Waals surface area contributed by atoms with Gasteiger partial charge in [0.1, 0.15) is 34.3 Å². The molecule has 1 aliphatic heterocycles. The SMILES string of the molecule is COc1ccc(C(Nc2nc3c(ncn3[C@@H]3O[C@@](CO)(COC(c4ccccc4)(c4ccccc4)c4ccc(OC)cc4)[C@@H](O[Si](C)(C)C(C)(C)C)[C@@H]3F)c(=O)[nH]2)(c2ccccc2)c2ccccc2)cc1. The number of alkyl halides is 1. The second-order valence-corrected chi connectivity index (χ2v) is 24.2. The van der Waals surface area contributed by atoms with Crippen LogP contribution in [-0.2, 0) is 25.0 Å². The molecule has 3 heterocycles. The summed E-state index contributed by atoms with van der Waals surface area (Å²) in [5.74, 6) is 1.41. The van der Waals surface area contributed by atoms with Gasteiger partial charge in [-0.15, -0.1) is 0 Å². The van der Waals surface area contributed by atoms with Crippen molar-refractivity contribution in [3.63, 3.8) is 0 Å². The Morgan fingerprint density at radius 2 is 1.17 bits per heavy atom. The zero-order valence-electron chi connectivity index (χ0n) is 41.0. The van der Waals surface area contributed by atoms with E-state index in [-0.39, 0.29) is 28.8 Å². The van der Waals surface area contributed by atoms with E-state index in [9.17, 15) is 9.90 Å². The molecule has 8 aromatic rings. The number of aromatic amines is 1. The van der Waals surface area contributed by atoms with Crippen molar-refractivity contribution in [1.82, 2.24) is 19.5 Å². The summed E-state index contributed by atoms with van der Waals surface area (Å²) in [6.07, 6.45) is -3.39. The van der Waals surface area contributed by atoms with E-state index in [0.717, 1.165) is 33.4 Å². The van der Waals surface area contributed by atoms with E-state index >= 15 is 4.39 Å². The number of benzene rings is 6. The van der Waals surface area contributed by atoms with Crippen LogP contribution in [0.1, 0.15) is 60.4 Å². The third-order valence-corrected chi connectivity index (χ3v) is 18.7. The minimum Gasteiger partial charge on any atom is -0.497 e. The summed E-state index contributed by atoms with van der Waals surface area (Å²) in [6, 6.07) is 54.5. The Morgan fingerprint density at radius 1 is 0.718 bits per heavy atom. The highest BCUT2D eigenvalue weighted by atomic mass is 28.4. The zero-order chi connectivity index (χ0) is 50.0. The van der Waals surface area contributed by atoms with E-state index in [4.69, 9.17) is 28.4 Å². The number of rotatable bonds is 17. The summed E-state index contributed by atoms with van der Waals surface area (Å²) >= 11 is 0. The van der Waals surface area contributed by atoms with Crippen LogP contribution in [0.4, 0.5) is 10.3 Å². The number of hydrogen-bond donors (Lipinski definition) is 3. The van der Waals surface area contributed by atoms with Gasteiger partial charge in [0.05, 0.1) is 33.8 Å². The van der Waals surface area contributed by atoms with Crippen LogP contribution in [0.3, 0.4) is 0 Å². The highest BCUT2D eigenvalue weighted by molar-refractivity contribution is 6.74. The van der Waals surface area contributed by atoms with Gasteiger partial charge in [0.2, 0.25) is 5.95 Å². The number of hydrogen-bond acceptors (Lipinski definition) is 10. The van der Waals surface area contributed by atoms with Gasteiger partial charge in [-0.25, -0.2) is 9.37 Å². The third-order valence-electron chi connectivity index (χ3n) is 14.3. The van der Waals surface area contributed by atoms with Crippen LogP contribution in [0.5, 0.6) is 11.5 Å². The molecule has 0 amide bonds. The van der Waals surface area contributed by atoms with E-state index in [1.807, 2.05) is 183 Å². The molecule has 0 saturated carbocycles. The molecule has 366 valence electrons. The molecule has 0 bridgehead atoms. The Kier molecular flexibility index (Phi) is 13.6. The van der Waals surface area contributed by atoms with E-state index in [0.29, 0.717) is 11.5 Å². The maximum Gasteiger partial charge on any atom is 0.280 e. The third kappa shape index (κ3) is 8.95. The molecule has 9 rings (SSSR count). The van der Waals surface area contributed by atoms with Gasteiger partial charge in [0.25, 0.3) is 5.56 Å². The molecule has 6 aromatic carbocycles. The zero-order valence-corrected chi connectivity index (χ0v) is 42.0. The van der Waals surface area contributed by atoms with Crippen LogP contribution in [0, 0.1) is 0 Å². The predicted octanol–water partition coefficient (Wildman–Crippen LogP) is 10.5. The van der Waals surface area contributed by atoms with Crippen molar-refractivity contribution in [2.75, 3.05) is 32.8 Å². The van der Waals surface area contributed by atoms with Crippen LogP contribution in [0.25, 0.3) is 11.2 Å². The first kappa shape index (κ1) is 49.1. The molecular weight excluding hydrogens is 914 g/mol. The number of halogens is 1. The second kappa shape index (κ2) is 19.7. The van der Waals surface area contributed by atoms with E-state index < -0.39 is 55.7 Å². The monoisotopic (exact) mass is 973 g/mol. The van der Waals surface area contributed by atoms with Crippen molar-refractivity contribution in [3.05, 3.63) is 220 Å². The summed E-state index contributed by atoms with van der Waals surface area (Å²) < 4.78 is 52.1. The average Bonchev–Trinajstić information content (AvgIpc) is 3.94. The van der Waals surface area contributed by atoms with Crippen LogP contribution in [-0.4, -0.2) is 78.3 Å². The van der Waals surface area contributed by atoms with E-state index in [1.54, 1.807) is 14.2 Å². The lowest BCUT2D eigenvalue weighted by Crippen LogP contribution is -2.57. The first-order valence-corrected chi connectivity index (χ1v) is 26.6.